The van der Waals surface area contributed by atoms with Crippen LogP contribution in [0.1, 0.15) is 30.3 Å². The van der Waals surface area contributed by atoms with Crippen molar-refractivity contribution in [3.05, 3.63) is 18.0 Å². The number of H-pyrrole nitrogens is 1. The fourth-order valence-electron chi connectivity index (χ4n) is 2.27. The average molecular weight is 236 g/mol. The first-order valence-corrected chi connectivity index (χ1v) is 6.16. The maximum atomic E-state index is 11.9. The van der Waals surface area contributed by atoms with Gasteiger partial charge in [0.05, 0.1) is 0 Å². The van der Waals surface area contributed by atoms with E-state index in [1.807, 2.05) is 0 Å². The van der Waals surface area contributed by atoms with Crippen molar-refractivity contribution >= 4 is 11.6 Å². The summed E-state index contributed by atoms with van der Waals surface area (Å²) in [5.41, 5.74) is 6.70. The molecule has 1 atom stereocenters. The average Bonchev–Trinajstić information content (AvgIpc) is 2.76. The Bertz CT molecular complexity index is 388. The van der Waals surface area contributed by atoms with Crippen LogP contribution in [0, 0.1) is 0 Å². The number of rotatable bonds is 3. The van der Waals surface area contributed by atoms with Crippen molar-refractivity contribution in [3.63, 3.8) is 0 Å². The second kappa shape index (κ2) is 5.23. The van der Waals surface area contributed by atoms with E-state index in [1.165, 1.54) is 0 Å². The number of nitrogens with zero attached hydrogens (tertiary/aromatic N) is 1. The van der Waals surface area contributed by atoms with Crippen molar-refractivity contribution < 1.29 is 4.79 Å². The molecule has 17 heavy (non-hydrogen) atoms. The van der Waals surface area contributed by atoms with Crippen LogP contribution >= 0.6 is 0 Å². The molecule has 1 amide bonds. The van der Waals surface area contributed by atoms with Gasteiger partial charge in [-0.25, -0.2) is 0 Å². The number of hydrogen-bond acceptors (Lipinski definition) is 3. The van der Waals surface area contributed by atoms with E-state index in [0.717, 1.165) is 32.5 Å². The van der Waals surface area contributed by atoms with Crippen LogP contribution in [-0.2, 0) is 0 Å². The number of likely N-dealkylation sites (tertiary alicyclic amines) is 1. The van der Waals surface area contributed by atoms with E-state index in [2.05, 4.69) is 22.1 Å². The molecular weight excluding hydrogens is 216 g/mol. The van der Waals surface area contributed by atoms with E-state index in [-0.39, 0.29) is 11.9 Å². The molecule has 2 rings (SSSR count). The summed E-state index contributed by atoms with van der Waals surface area (Å²) < 4.78 is 0. The SMILES string of the molecule is CCN1CCCC(NC(=O)c2cc(N)c[nH]2)C1. The molecule has 1 aliphatic heterocycles. The third-order valence-electron chi connectivity index (χ3n) is 3.24. The zero-order chi connectivity index (χ0) is 12.3. The van der Waals surface area contributed by atoms with Crippen molar-refractivity contribution in [2.45, 2.75) is 25.8 Å². The van der Waals surface area contributed by atoms with E-state index in [1.54, 1.807) is 12.3 Å². The third-order valence-corrected chi connectivity index (χ3v) is 3.24. The minimum atomic E-state index is -0.0651. The van der Waals surface area contributed by atoms with Crippen molar-refractivity contribution in [1.29, 1.82) is 0 Å². The van der Waals surface area contributed by atoms with Crippen LogP contribution in [0.4, 0.5) is 5.69 Å². The highest BCUT2D eigenvalue weighted by molar-refractivity contribution is 5.93. The molecule has 1 aromatic heterocycles. The van der Waals surface area contributed by atoms with Gasteiger partial charge in [-0.2, -0.15) is 0 Å². The Labute approximate surface area is 101 Å². The van der Waals surface area contributed by atoms with E-state index in [9.17, 15) is 4.79 Å². The number of aromatic nitrogens is 1. The summed E-state index contributed by atoms with van der Waals surface area (Å²) >= 11 is 0. The highest BCUT2D eigenvalue weighted by Crippen LogP contribution is 2.11. The van der Waals surface area contributed by atoms with Crippen LogP contribution in [0.15, 0.2) is 12.3 Å². The Kier molecular flexibility index (Phi) is 3.68. The molecular formula is C12H20N4O. The molecule has 2 heterocycles. The summed E-state index contributed by atoms with van der Waals surface area (Å²) in [6.45, 7) is 5.27. The molecule has 5 heteroatoms. The van der Waals surface area contributed by atoms with Gasteiger partial charge in [0.1, 0.15) is 5.69 Å². The molecule has 94 valence electrons. The summed E-state index contributed by atoms with van der Waals surface area (Å²) in [6.07, 6.45) is 3.83. The van der Waals surface area contributed by atoms with Crippen LogP contribution in [0.5, 0.6) is 0 Å². The van der Waals surface area contributed by atoms with Crippen molar-refractivity contribution in [3.8, 4) is 0 Å². The lowest BCUT2D eigenvalue weighted by molar-refractivity contribution is 0.0901. The minimum Gasteiger partial charge on any atom is -0.397 e. The monoisotopic (exact) mass is 236 g/mol. The molecule has 4 N–H and O–H groups in total. The number of nitrogens with two attached hydrogens (primary N) is 1. The van der Waals surface area contributed by atoms with Crippen LogP contribution in [-0.4, -0.2) is 41.5 Å². The smallest absolute Gasteiger partial charge is 0.268 e. The Balaban J connectivity index is 1.90. The van der Waals surface area contributed by atoms with E-state index in [4.69, 9.17) is 5.73 Å². The highest BCUT2D eigenvalue weighted by atomic mass is 16.1. The molecule has 1 aromatic rings. The molecule has 1 saturated heterocycles. The minimum absolute atomic E-state index is 0.0651. The van der Waals surface area contributed by atoms with Crippen molar-refractivity contribution in [2.24, 2.45) is 0 Å². The first-order valence-electron chi connectivity index (χ1n) is 6.16. The summed E-state index contributed by atoms with van der Waals surface area (Å²) in [6, 6.07) is 1.91. The largest absolute Gasteiger partial charge is 0.397 e. The van der Waals surface area contributed by atoms with Crippen LogP contribution in [0.3, 0.4) is 0 Å². The lowest BCUT2D eigenvalue weighted by atomic mass is 10.1. The summed E-state index contributed by atoms with van der Waals surface area (Å²) in [5.74, 6) is -0.0651. The predicted molar refractivity (Wildman–Crippen MR) is 67.8 cm³/mol. The number of hydrogen-bond donors (Lipinski definition) is 3. The van der Waals surface area contributed by atoms with Crippen LogP contribution in [0.25, 0.3) is 0 Å². The Morgan fingerprint density at radius 1 is 1.71 bits per heavy atom. The molecule has 5 nitrogen and oxygen atoms in total. The van der Waals surface area contributed by atoms with Gasteiger partial charge in [-0.05, 0) is 32.0 Å². The van der Waals surface area contributed by atoms with E-state index < -0.39 is 0 Å². The second-order valence-electron chi connectivity index (χ2n) is 4.55. The standard InChI is InChI=1S/C12H20N4O/c1-2-16-5-3-4-10(8-16)15-12(17)11-6-9(13)7-14-11/h6-7,10,14H,2-5,8,13H2,1H3,(H,15,17). The molecule has 0 aliphatic carbocycles. The van der Waals surface area contributed by atoms with Gasteiger partial charge in [0, 0.05) is 24.5 Å². The fraction of sp³-hybridized carbons (Fsp3) is 0.583. The van der Waals surface area contributed by atoms with Gasteiger partial charge in [-0.3, -0.25) is 4.79 Å². The Morgan fingerprint density at radius 3 is 3.18 bits per heavy atom. The number of carbonyl (C=O) groups is 1. The lowest BCUT2D eigenvalue weighted by Gasteiger charge is -2.32. The predicted octanol–water partition coefficient (Wildman–Crippen LogP) is 0.811. The van der Waals surface area contributed by atoms with Gasteiger partial charge in [-0.1, -0.05) is 6.92 Å². The van der Waals surface area contributed by atoms with Gasteiger partial charge in [0.2, 0.25) is 0 Å². The number of carbonyl (C=O) groups excluding carboxylic acids is 1. The number of piperidine rings is 1. The topological polar surface area (TPSA) is 74.2 Å². The third kappa shape index (κ3) is 3.00. The second-order valence-corrected chi connectivity index (χ2v) is 4.55. The van der Waals surface area contributed by atoms with Gasteiger partial charge in [0.25, 0.3) is 5.91 Å². The molecule has 1 fully saturated rings. The number of likely N-dealkylation sites (N-methyl/N-ethyl adjacent to an activating group) is 1. The molecule has 0 saturated carbocycles. The zero-order valence-electron chi connectivity index (χ0n) is 10.2. The summed E-state index contributed by atoms with van der Waals surface area (Å²) in [5, 5.41) is 3.05. The van der Waals surface area contributed by atoms with Crippen molar-refractivity contribution in [2.75, 3.05) is 25.4 Å². The maximum Gasteiger partial charge on any atom is 0.268 e. The molecule has 1 unspecified atom stereocenters. The Hall–Kier alpha value is -1.49. The summed E-state index contributed by atoms with van der Waals surface area (Å²) in [4.78, 5) is 17.1. The molecule has 0 aromatic carbocycles. The van der Waals surface area contributed by atoms with Crippen LogP contribution < -0.4 is 11.1 Å². The first-order chi connectivity index (χ1) is 8.19. The molecule has 1 aliphatic rings. The van der Waals surface area contributed by atoms with Gasteiger partial charge < -0.3 is 20.9 Å². The lowest BCUT2D eigenvalue weighted by Crippen LogP contribution is -2.47. The van der Waals surface area contributed by atoms with Crippen molar-refractivity contribution in [1.82, 2.24) is 15.2 Å². The highest BCUT2D eigenvalue weighted by Gasteiger charge is 2.21. The number of nitrogen functional groups attached to an aromatic ring is 1. The summed E-state index contributed by atoms with van der Waals surface area (Å²) in [7, 11) is 0. The normalized spacial score (nSPS) is 21.4. The van der Waals surface area contributed by atoms with Crippen LogP contribution in [0.2, 0.25) is 0 Å². The van der Waals surface area contributed by atoms with E-state index in [0.29, 0.717) is 11.4 Å². The molecule has 0 bridgehead atoms. The number of nitrogens with one attached hydrogen (secondary N) is 2. The number of anilines is 1. The maximum absolute atomic E-state index is 11.9. The first kappa shape index (κ1) is 12.0. The zero-order valence-corrected chi connectivity index (χ0v) is 10.2. The number of amides is 1. The molecule has 0 spiro atoms. The quantitative estimate of drug-likeness (QED) is 0.727. The van der Waals surface area contributed by atoms with Gasteiger partial charge in [0.15, 0.2) is 0 Å². The van der Waals surface area contributed by atoms with Gasteiger partial charge in [-0.15, -0.1) is 0 Å². The fourth-order valence-corrected chi connectivity index (χ4v) is 2.27. The number of aromatic amines is 1. The van der Waals surface area contributed by atoms with E-state index >= 15 is 0 Å². The van der Waals surface area contributed by atoms with Gasteiger partial charge >= 0.3 is 0 Å². The molecule has 0 radical (unpaired) electrons. The Morgan fingerprint density at radius 2 is 2.53 bits per heavy atom.